The van der Waals surface area contributed by atoms with Crippen molar-refractivity contribution in [3.63, 3.8) is 0 Å². The largest absolute Gasteiger partial charge is 0.391 e. The number of carbonyl (C=O) groups is 1. The minimum atomic E-state index is -0.384. The molecule has 2 atom stereocenters. The molecule has 0 saturated carbocycles. The fourth-order valence-corrected chi connectivity index (χ4v) is 2.45. The molecule has 1 aliphatic heterocycles. The molecule has 2 rings (SSSR count). The van der Waals surface area contributed by atoms with E-state index in [9.17, 15) is 9.90 Å². The molecule has 1 saturated heterocycles. The molecule has 1 aromatic rings. The summed E-state index contributed by atoms with van der Waals surface area (Å²) in [4.78, 5) is 13.6. The first-order valence-corrected chi connectivity index (χ1v) is 6.24. The van der Waals surface area contributed by atoms with Crippen LogP contribution in [-0.2, 0) is 11.2 Å². The van der Waals surface area contributed by atoms with Gasteiger partial charge in [-0.25, -0.2) is 0 Å². The van der Waals surface area contributed by atoms with Gasteiger partial charge in [-0.2, -0.15) is 0 Å². The van der Waals surface area contributed by atoms with Gasteiger partial charge in [0.25, 0.3) is 0 Å². The molecular weight excluding hydrogens is 214 g/mol. The van der Waals surface area contributed by atoms with E-state index in [1.165, 1.54) is 5.56 Å². The van der Waals surface area contributed by atoms with Crippen LogP contribution >= 0.6 is 0 Å². The zero-order valence-corrected chi connectivity index (χ0v) is 10.2. The highest BCUT2D eigenvalue weighted by Gasteiger charge is 2.34. The van der Waals surface area contributed by atoms with Crippen molar-refractivity contribution in [2.24, 2.45) is 0 Å². The van der Waals surface area contributed by atoms with E-state index in [-0.39, 0.29) is 18.1 Å². The van der Waals surface area contributed by atoms with E-state index in [0.29, 0.717) is 19.4 Å². The van der Waals surface area contributed by atoms with Gasteiger partial charge in [0.1, 0.15) is 0 Å². The van der Waals surface area contributed by atoms with E-state index in [4.69, 9.17) is 0 Å². The van der Waals surface area contributed by atoms with Crippen molar-refractivity contribution in [1.29, 1.82) is 0 Å². The Morgan fingerprint density at radius 1 is 1.41 bits per heavy atom. The maximum absolute atomic E-state index is 11.8. The topological polar surface area (TPSA) is 40.5 Å². The zero-order valence-electron chi connectivity index (χ0n) is 10.2. The Bertz CT molecular complexity index is 377. The first kappa shape index (κ1) is 12.1. The van der Waals surface area contributed by atoms with Crippen molar-refractivity contribution in [3.8, 4) is 0 Å². The molecule has 0 unspecified atom stereocenters. The van der Waals surface area contributed by atoms with Gasteiger partial charge in [0.15, 0.2) is 0 Å². The number of amides is 1. The fourth-order valence-electron chi connectivity index (χ4n) is 2.45. The van der Waals surface area contributed by atoms with Crippen molar-refractivity contribution < 1.29 is 9.90 Å². The molecule has 3 heteroatoms. The number of rotatable bonds is 3. The lowest BCUT2D eigenvalue weighted by Crippen LogP contribution is -2.40. The number of hydrogen-bond acceptors (Lipinski definition) is 2. The molecule has 1 fully saturated rings. The monoisotopic (exact) mass is 233 g/mol. The van der Waals surface area contributed by atoms with E-state index in [1.807, 2.05) is 42.2 Å². The van der Waals surface area contributed by atoms with Gasteiger partial charge in [0.2, 0.25) is 5.91 Å². The summed E-state index contributed by atoms with van der Waals surface area (Å²) in [7, 11) is 0. The number of aliphatic hydroxyl groups is 1. The highest BCUT2D eigenvalue weighted by molar-refractivity contribution is 5.76. The number of carbonyl (C=O) groups excluding carboxylic acids is 1. The Labute approximate surface area is 102 Å². The second kappa shape index (κ2) is 5.32. The van der Waals surface area contributed by atoms with Gasteiger partial charge in [0, 0.05) is 13.0 Å². The normalized spacial score (nSPS) is 24.0. The van der Waals surface area contributed by atoms with Crippen LogP contribution in [-0.4, -0.2) is 34.6 Å². The van der Waals surface area contributed by atoms with Crippen molar-refractivity contribution in [2.75, 3.05) is 6.54 Å². The molecule has 1 N–H and O–H groups in total. The molecular formula is C14H19NO2. The van der Waals surface area contributed by atoms with E-state index >= 15 is 0 Å². The Morgan fingerprint density at radius 2 is 2.12 bits per heavy atom. The zero-order chi connectivity index (χ0) is 12.3. The molecule has 92 valence electrons. The Kier molecular flexibility index (Phi) is 3.79. The summed E-state index contributed by atoms with van der Waals surface area (Å²) in [5, 5.41) is 9.97. The lowest BCUT2D eigenvalue weighted by atomic mass is 10.0. The number of nitrogens with zero attached hydrogens (tertiary/aromatic N) is 1. The fraction of sp³-hybridized carbons (Fsp3) is 0.500. The highest BCUT2D eigenvalue weighted by Crippen LogP contribution is 2.22. The minimum absolute atomic E-state index is 0.0511. The van der Waals surface area contributed by atoms with E-state index in [2.05, 4.69) is 0 Å². The summed E-state index contributed by atoms with van der Waals surface area (Å²) in [6, 6.07) is 9.98. The molecule has 0 aromatic heterocycles. The summed E-state index contributed by atoms with van der Waals surface area (Å²) in [6.07, 6.45) is 1.57. The molecule has 1 aliphatic rings. The van der Waals surface area contributed by atoms with Crippen molar-refractivity contribution >= 4 is 5.91 Å². The van der Waals surface area contributed by atoms with Crippen LogP contribution in [0.3, 0.4) is 0 Å². The minimum Gasteiger partial charge on any atom is -0.391 e. The van der Waals surface area contributed by atoms with Crippen molar-refractivity contribution in [2.45, 2.75) is 38.3 Å². The number of aliphatic hydroxyl groups excluding tert-OH is 1. The molecule has 17 heavy (non-hydrogen) atoms. The smallest absolute Gasteiger partial charge is 0.222 e. The number of likely N-dealkylation sites (tertiary alicyclic amines) is 1. The molecule has 0 aliphatic carbocycles. The molecule has 1 heterocycles. The van der Waals surface area contributed by atoms with Crippen LogP contribution in [0.2, 0.25) is 0 Å². The van der Waals surface area contributed by atoms with E-state index < -0.39 is 0 Å². The predicted molar refractivity (Wildman–Crippen MR) is 66.6 cm³/mol. The number of benzene rings is 1. The van der Waals surface area contributed by atoms with Crippen molar-refractivity contribution in [1.82, 2.24) is 4.90 Å². The van der Waals surface area contributed by atoms with E-state index in [0.717, 1.165) is 6.42 Å². The third kappa shape index (κ3) is 2.67. The molecule has 0 radical (unpaired) electrons. The van der Waals surface area contributed by atoms with Gasteiger partial charge in [-0.15, -0.1) is 0 Å². The first-order chi connectivity index (χ1) is 8.22. The molecule has 0 bridgehead atoms. The van der Waals surface area contributed by atoms with Gasteiger partial charge in [-0.05, 0) is 18.4 Å². The van der Waals surface area contributed by atoms with Crippen LogP contribution in [0.1, 0.15) is 25.3 Å². The Hall–Kier alpha value is -1.35. The molecule has 1 amide bonds. The lowest BCUT2D eigenvalue weighted by molar-refractivity contribution is -0.132. The second-order valence-electron chi connectivity index (χ2n) is 4.55. The SMILES string of the molecule is CCC(=O)N1CC[C@@H](O)[C@H]1Cc1ccccc1. The molecule has 0 spiro atoms. The number of hydrogen-bond donors (Lipinski definition) is 1. The summed E-state index contributed by atoms with van der Waals surface area (Å²) in [6.45, 7) is 2.55. The average Bonchev–Trinajstić information content (AvgIpc) is 2.72. The van der Waals surface area contributed by atoms with Crippen LogP contribution in [0, 0.1) is 0 Å². The standard InChI is InChI=1S/C14H19NO2/c1-2-14(17)15-9-8-13(16)12(15)10-11-6-4-3-5-7-11/h3-7,12-13,16H,2,8-10H2,1H3/t12-,13-/m1/s1. The maximum atomic E-state index is 11.8. The van der Waals surface area contributed by atoms with Gasteiger partial charge in [-0.1, -0.05) is 37.3 Å². The van der Waals surface area contributed by atoms with Crippen LogP contribution < -0.4 is 0 Å². The summed E-state index contributed by atoms with van der Waals surface area (Å²) < 4.78 is 0. The quantitative estimate of drug-likeness (QED) is 0.861. The van der Waals surface area contributed by atoms with Crippen molar-refractivity contribution in [3.05, 3.63) is 35.9 Å². The van der Waals surface area contributed by atoms with Crippen LogP contribution in [0.4, 0.5) is 0 Å². The molecule has 1 aromatic carbocycles. The molecule has 3 nitrogen and oxygen atoms in total. The van der Waals surface area contributed by atoms with Crippen LogP contribution in [0.15, 0.2) is 30.3 Å². The van der Waals surface area contributed by atoms with Gasteiger partial charge in [-0.3, -0.25) is 4.79 Å². The van der Waals surface area contributed by atoms with Gasteiger partial charge in [0.05, 0.1) is 12.1 Å². The van der Waals surface area contributed by atoms with Crippen LogP contribution in [0.5, 0.6) is 0 Å². The van der Waals surface area contributed by atoms with Gasteiger partial charge >= 0.3 is 0 Å². The average molecular weight is 233 g/mol. The Balaban J connectivity index is 2.09. The third-order valence-corrected chi connectivity index (χ3v) is 3.42. The summed E-state index contributed by atoms with van der Waals surface area (Å²) in [5.41, 5.74) is 1.17. The third-order valence-electron chi connectivity index (χ3n) is 3.42. The van der Waals surface area contributed by atoms with E-state index in [1.54, 1.807) is 0 Å². The predicted octanol–water partition coefficient (Wildman–Crippen LogP) is 1.60. The highest BCUT2D eigenvalue weighted by atomic mass is 16.3. The Morgan fingerprint density at radius 3 is 2.76 bits per heavy atom. The second-order valence-corrected chi connectivity index (χ2v) is 4.55. The van der Waals surface area contributed by atoms with Gasteiger partial charge < -0.3 is 10.0 Å². The maximum Gasteiger partial charge on any atom is 0.222 e. The summed E-state index contributed by atoms with van der Waals surface area (Å²) in [5.74, 6) is 0.141. The summed E-state index contributed by atoms with van der Waals surface area (Å²) >= 11 is 0. The first-order valence-electron chi connectivity index (χ1n) is 6.24. The lowest BCUT2D eigenvalue weighted by Gasteiger charge is -2.26. The van der Waals surface area contributed by atoms with Crippen LogP contribution in [0.25, 0.3) is 0 Å².